The molecule has 0 bridgehead atoms. The zero-order valence-electron chi connectivity index (χ0n) is 17.6. The molecule has 1 aromatic carbocycles. The lowest BCUT2D eigenvalue weighted by atomic mass is 9.95. The van der Waals surface area contributed by atoms with Crippen LogP contribution in [0.4, 0.5) is 9.18 Å². The number of esters is 1. The summed E-state index contributed by atoms with van der Waals surface area (Å²) in [6.45, 7) is 4.13. The predicted octanol–water partition coefficient (Wildman–Crippen LogP) is 2.80. The van der Waals surface area contributed by atoms with E-state index < -0.39 is 29.9 Å². The molecule has 162 valence electrons. The molecule has 1 aliphatic rings. The van der Waals surface area contributed by atoms with Gasteiger partial charge in [0.2, 0.25) is 0 Å². The summed E-state index contributed by atoms with van der Waals surface area (Å²) in [5.41, 5.74) is 1.74. The van der Waals surface area contributed by atoms with E-state index in [-0.39, 0.29) is 5.92 Å². The Hall–Kier alpha value is -3.10. The number of aromatic nitrogens is 2. The number of hydrogen-bond donors (Lipinski definition) is 2. The second-order valence-electron chi connectivity index (χ2n) is 7.34. The van der Waals surface area contributed by atoms with Gasteiger partial charge in [-0.3, -0.25) is 0 Å². The van der Waals surface area contributed by atoms with Crippen LogP contribution in [0.1, 0.15) is 43.3 Å². The number of rotatable bonds is 6. The number of carbonyl (C=O) groups excluding carboxylic acids is 2. The van der Waals surface area contributed by atoms with E-state index in [1.807, 2.05) is 13.8 Å². The van der Waals surface area contributed by atoms with Gasteiger partial charge in [0.15, 0.2) is 0 Å². The maximum absolute atomic E-state index is 14.9. The van der Waals surface area contributed by atoms with Gasteiger partial charge in [0, 0.05) is 30.3 Å². The summed E-state index contributed by atoms with van der Waals surface area (Å²) >= 11 is 0. The first-order valence-corrected chi connectivity index (χ1v) is 9.91. The predicted molar refractivity (Wildman–Crippen MR) is 108 cm³/mol. The van der Waals surface area contributed by atoms with E-state index in [2.05, 4.69) is 15.3 Å². The average Bonchev–Trinajstić information content (AvgIpc) is 3.24. The Morgan fingerprint density at radius 2 is 2.17 bits per heavy atom. The van der Waals surface area contributed by atoms with Crippen LogP contribution in [-0.2, 0) is 16.0 Å². The molecule has 0 unspecified atom stereocenters. The van der Waals surface area contributed by atoms with Crippen LogP contribution in [0.3, 0.4) is 0 Å². The molecule has 0 saturated heterocycles. The molecule has 2 heterocycles. The van der Waals surface area contributed by atoms with E-state index in [0.29, 0.717) is 36.4 Å². The van der Waals surface area contributed by atoms with Crippen molar-refractivity contribution < 1.29 is 23.5 Å². The van der Waals surface area contributed by atoms with Crippen molar-refractivity contribution in [3.8, 4) is 5.75 Å². The van der Waals surface area contributed by atoms with Gasteiger partial charge >= 0.3 is 12.0 Å². The molecule has 2 aromatic rings. The minimum Gasteiger partial charge on any atom is -0.497 e. The van der Waals surface area contributed by atoms with Gasteiger partial charge in [-0.15, -0.1) is 0 Å². The van der Waals surface area contributed by atoms with E-state index in [1.54, 1.807) is 12.1 Å². The minimum absolute atomic E-state index is 0.122. The number of carbonyl (C=O) groups is 2. The molecule has 8 nitrogen and oxygen atoms in total. The van der Waals surface area contributed by atoms with E-state index in [4.69, 9.17) is 9.47 Å². The Morgan fingerprint density at radius 3 is 2.80 bits per heavy atom. The number of nitrogens with one attached hydrogen (secondary N) is 2. The van der Waals surface area contributed by atoms with Gasteiger partial charge < -0.3 is 24.7 Å². The van der Waals surface area contributed by atoms with Crippen molar-refractivity contribution in [1.82, 2.24) is 20.2 Å². The summed E-state index contributed by atoms with van der Waals surface area (Å²) in [6, 6.07) is 2.51. The average molecular weight is 418 g/mol. The first-order chi connectivity index (χ1) is 14.4. The molecule has 0 fully saturated rings. The number of fused-ring (bicyclic) bond motifs is 1. The molecule has 9 heteroatoms. The van der Waals surface area contributed by atoms with Crippen LogP contribution in [0.2, 0.25) is 0 Å². The fraction of sp³-hybridized carbons (Fsp3) is 0.476. The Balaban J connectivity index is 1.96. The van der Waals surface area contributed by atoms with E-state index >= 15 is 0 Å². The molecule has 3 atom stereocenters. The third-order valence-electron chi connectivity index (χ3n) is 5.64. The maximum atomic E-state index is 14.9. The van der Waals surface area contributed by atoms with Crippen LogP contribution in [-0.4, -0.2) is 53.7 Å². The Morgan fingerprint density at radius 1 is 1.40 bits per heavy atom. The molecule has 2 N–H and O–H groups in total. The van der Waals surface area contributed by atoms with Crippen molar-refractivity contribution >= 4 is 12.0 Å². The first-order valence-electron chi connectivity index (χ1n) is 9.91. The summed E-state index contributed by atoms with van der Waals surface area (Å²) in [7, 11) is 2.75. The van der Waals surface area contributed by atoms with Gasteiger partial charge in [-0.05, 0) is 18.1 Å². The number of urea groups is 1. The van der Waals surface area contributed by atoms with E-state index in [1.165, 1.54) is 31.5 Å². The Labute approximate surface area is 174 Å². The fourth-order valence-electron chi connectivity index (χ4n) is 3.68. The van der Waals surface area contributed by atoms with Crippen molar-refractivity contribution in [2.75, 3.05) is 20.8 Å². The van der Waals surface area contributed by atoms with Gasteiger partial charge in [0.1, 0.15) is 23.7 Å². The molecule has 0 radical (unpaired) electrons. The smallest absolute Gasteiger partial charge is 0.328 e. The second kappa shape index (κ2) is 9.15. The SMILES string of the molecule is CC[C@@H](C)[C@@H](NC(=O)N1CCc2[nH]cnc2[C@@H]1c1ccc(OC)cc1F)C(=O)OC. The van der Waals surface area contributed by atoms with Crippen molar-refractivity contribution in [3.63, 3.8) is 0 Å². The van der Waals surface area contributed by atoms with Crippen molar-refractivity contribution in [3.05, 3.63) is 47.3 Å². The summed E-state index contributed by atoms with van der Waals surface area (Å²) in [6.07, 6.45) is 2.76. The number of ether oxygens (including phenoxy) is 2. The lowest BCUT2D eigenvalue weighted by molar-refractivity contribution is -0.144. The third-order valence-corrected chi connectivity index (χ3v) is 5.64. The normalized spacial score (nSPS) is 17.6. The molecule has 1 aromatic heterocycles. The quantitative estimate of drug-likeness (QED) is 0.704. The molecule has 0 saturated carbocycles. The second-order valence-corrected chi connectivity index (χ2v) is 7.34. The van der Waals surface area contributed by atoms with Gasteiger partial charge in [-0.1, -0.05) is 20.3 Å². The minimum atomic E-state index is -0.797. The number of aromatic amines is 1. The van der Waals surface area contributed by atoms with Gasteiger partial charge in [0.05, 0.1) is 26.2 Å². The Bertz CT molecular complexity index is 916. The summed E-state index contributed by atoms with van der Waals surface area (Å²) in [5, 5.41) is 2.78. The van der Waals surface area contributed by atoms with Crippen LogP contribution in [0.25, 0.3) is 0 Å². The molecule has 30 heavy (non-hydrogen) atoms. The molecular formula is C21H27FN4O4. The van der Waals surface area contributed by atoms with Crippen LogP contribution in [0, 0.1) is 11.7 Å². The summed E-state index contributed by atoms with van der Waals surface area (Å²) in [4.78, 5) is 34.4. The van der Waals surface area contributed by atoms with Crippen LogP contribution < -0.4 is 10.1 Å². The van der Waals surface area contributed by atoms with Crippen molar-refractivity contribution in [1.29, 1.82) is 0 Å². The van der Waals surface area contributed by atoms with Crippen molar-refractivity contribution in [2.45, 2.75) is 38.8 Å². The van der Waals surface area contributed by atoms with Gasteiger partial charge in [0.25, 0.3) is 0 Å². The summed E-state index contributed by atoms with van der Waals surface area (Å²) in [5.74, 6) is -0.752. The highest BCUT2D eigenvalue weighted by molar-refractivity contribution is 5.84. The standard InChI is InChI=1S/C21H27FN4O4/c1-5-12(2)17(20(27)30-4)25-21(28)26-9-8-16-18(24-11-23-16)19(26)14-7-6-13(29-3)10-15(14)22/h6-7,10-12,17,19H,5,8-9H2,1-4H3,(H,23,24)(H,25,28)/t12-,17-,19+/m1/s1. The largest absolute Gasteiger partial charge is 0.497 e. The van der Waals surface area contributed by atoms with Crippen LogP contribution in [0.15, 0.2) is 24.5 Å². The molecule has 2 amide bonds. The number of methoxy groups -OCH3 is 2. The maximum Gasteiger partial charge on any atom is 0.328 e. The highest BCUT2D eigenvalue weighted by Crippen LogP contribution is 2.35. The van der Waals surface area contributed by atoms with E-state index in [0.717, 1.165) is 5.69 Å². The number of amides is 2. The van der Waals surface area contributed by atoms with Gasteiger partial charge in [-0.2, -0.15) is 0 Å². The topological polar surface area (TPSA) is 96.5 Å². The molecule has 3 rings (SSSR count). The van der Waals surface area contributed by atoms with Crippen molar-refractivity contribution in [2.24, 2.45) is 5.92 Å². The number of hydrogen-bond acceptors (Lipinski definition) is 5. The number of benzene rings is 1. The van der Waals surface area contributed by atoms with Crippen LogP contribution in [0.5, 0.6) is 5.75 Å². The van der Waals surface area contributed by atoms with Crippen LogP contribution >= 0.6 is 0 Å². The first kappa shape index (κ1) is 21.6. The summed E-state index contributed by atoms with van der Waals surface area (Å²) < 4.78 is 24.9. The zero-order chi connectivity index (χ0) is 21.8. The lowest BCUT2D eigenvalue weighted by Crippen LogP contribution is -2.53. The number of nitrogens with zero attached hydrogens (tertiary/aromatic N) is 2. The highest BCUT2D eigenvalue weighted by atomic mass is 19.1. The number of H-pyrrole nitrogens is 1. The molecule has 0 spiro atoms. The third kappa shape index (κ3) is 4.10. The highest BCUT2D eigenvalue weighted by Gasteiger charge is 2.38. The number of imidazole rings is 1. The molecule has 0 aliphatic carbocycles. The fourth-order valence-corrected chi connectivity index (χ4v) is 3.68. The monoisotopic (exact) mass is 418 g/mol. The Kier molecular flexibility index (Phi) is 6.59. The lowest BCUT2D eigenvalue weighted by Gasteiger charge is -2.36. The molecule has 1 aliphatic heterocycles. The number of halogens is 1. The zero-order valence-corrected chi connectivity index (χ0v) is 17.6. The molecular weight excluding hydrogens is 391 g/mol. The van der Waals surface area contributed by atoms with Gasteiger partial charge in [-0.25, -0.2) is 19.0 Å². The van der Waals surface area contributed by atoms with E-state index in [9.17, 15) is 14.0 Å².